The second-order valence-corrected chi connectivity index (χ2v) is 6.50. The first-order chi connectivity index (χ1) is 7.86. The molecule has 0 saturated carbocycles. The Bertz CT molecular complexity index is 367. The Morgan fingerprint density at radius 2 is 2.24 bits per heavy atom. The van der Waals surface area contributed by atoms with Crippen LogP contribution in [0.2, 0.25) is 0 Å². The molecular formula is C10H20N2O4S. The fraction of sp³-hybridized carbons (Fsp3) is 0.900. The lowest BCUT2D eigenvalue weighted by molar-refractivity contribution is -0.140. The molecular weight excluding hydrogens is 244 g/mol. The molecule has 1 fully saturated rings. The van der Waals surface area contributed by atoms with Crippen molar-refractivity contribution in [3.8, 4) is 0 Å². The number of ether oxygens (including phenoxy) is 1. The summed E-state index contributed by atoms with van der Waals surface area (Å²) in [4.78, 5) is 10.9. The fourth-order valence-electron chi connectivity index (χ4n) is 1.88. The quantitative estimate of drug-likeness (QED) is 0.679. The average molecular weight is 264 g/mol. The number of sulfonamides is 1. The summed E-state index contributed by atoms with van der Waals surface area (Å²) in [7, 11) is -2.11. The standard InChI is InChI=1S/C10H20N2O4S/c1-8(11)9-3-5-12(7-9)17(14,15)6-4-10(13)16-2/h8-9H,3-7,11H2,1-2H3. The van der Waals surface area contributed by atoms with E-state index in [0.717, 1.165) is 6.42 Å². The number of hydrogen-bond acceptors (Lipinski definition) is 5. The zero-order valence-electron chi connectivity index (χ0n) is 10.3. The van der Waals surface area contributed by atoms with E-state index in [4.69, 9.17) is 5.73 Å². The van der Waals surface area contributed by atoms with Crippen molar-refractivity contribution in [3.63, 3.8) is 0 Å². The minimum absolute atomic E-state index is 0.00388. The van der Waals surface area contributed by atoms with E-state index in [2.05, 4.69) is 4.74 Å². The second-order valence-electron chi connectivity index (χ2n) is 4.41. The van der Waals surface area contributed by atoms with Crippen molar-refractivity contribution < 1.29 is 17.9 Å². The van der Waals surface area contributed by atoms with Gasteiger partial charge in [0.25, 0.3) is 0 Å². The van der Waals surface area contributed by atoms with Gasteiger partial charge < -0.3 is 10.5 Å². The largest absolute Gasteiger partial charge is 0.469 e. The predicted molar refractivity (Wildman–Crippen MR) is 63.7 cm³/mol. The van der Waals surface area contributed by atoms with E-state index in [1.165, 1.54) is 11.4 Å². The van der Waals surface area contributed by atoms with Gasteiger partial charge in [-0.05, 0) is 19.3 Å². The van der Waals surface area contributed by atoms with E-state index in [-0.39, 0.29) is 24.1 Å². The van der Waals surface area contributed by atoms with Crippen LogP contribution in [0.15, 0.2) is 0 Å². The highest BCUT2D eigenvalue weighted by Gasteiger charge is 2.32. The van der Waals surface area contributed by atoms with Gasteiger partial charge >= 0.3 is 5.97 Å². The molecule has 0 radical (unpaired) electrons. The molecule has 0 aliphatic carbocycles. The van der Waals surface area contributed by atoms with Gasteiger partial charge in [0.15, 0.2) is 0 Å². The van der Waals surface area contributed by atoms with Gasteiger partial charge in [0, 0.05) is 19.1 Å². The Morgan fingerprint density at radius 1 is 1.59 bits per heavy atom. The summed E-state index contributed by atoms with van der Waals surface area (Å²) in [5.74, 6) is -0.481. The lowest BCUT2D eigenvalue weighted by Crippen LogP contribution is -2.34. The summed E-state index contributed by atoms with van der Waals surface area (Å²) in [5, 5.41) is 0. The number of hydrogen-bond donors (Lipinski definition) is 1. The smallest absolute Gasteiger partial charge is 0.306 e. The summed E-state index contributed by atoms with van der Waals surface area (Å²) >= 11 is 0. The highest BCUT2D eigenvalue weighted by Crippen LogP contribution is 2.21. The highest BCUT2D eigenvalue weighted by molar-refractivity contribution is 7.89. The van der Waals surface area contributed by atoms with Gasteiger partial charge in [-0.15, -0.1) is 0 Å². The number of rotatable bonds is 5. The maximum absolute atomic E-state index is 11.9. The van der Waals surface area contributed by atoms with E-state index in [1.807, 2.05) is 6.92 Å². The highest BCUT2D eigenvalue weighted by atomic mass is 32.2. The molecule has 2 atom stereocenters. The summed E-state index contributed by atoms with van der Waals surface area (Å²) in [6.07, 6.45) is 0.688. The summed E-state index contributed by atoms with van der Waals surface area (Å²) < 4.78 is 29.6. The van der Waals surface area contributed by atoms with Gasteiger partial charge in [-0.1, -0.05) is 0 Å². The van der Waals surface area contributed by atoms with Crippen molar-refractivity contribution in [2.75, 3.05) is 26.0 Å². The molecule has 17 heavy (non-hydrogen) atoms. The molecule has 0 aromatic rings. The van der Waals surface area contributed by atoms with Crippen LogP contribution in [-0.4, -0.2) is 50.7 Å². The first-order valence-corrected chi connectivity index (χ1v) is 7.28. The SMILES string of the molecule is COC(=O)CCS(=O)(=O)N1CCC(C(C)N)C1. The van der Waals surface area contributed by atoms with Gasteiger partial charge in [-0.2, -0.15) is 0 Å². The van der Waals surface area contributed by atoms with Gasteiger partial charge in [-0.25, -0.2) is 12.7 Å². The molecule has 1 aliphatic rings. The van der Waals surface area contributed by atoms with Gasteiger partial charge in [0.2, 0.25) is 10.0 Å². The van der Waals surface area contributed by atoms with E-state index in [9.17, 15) is 13.2 Å². The number of carbonyl (C=O) groups is 1. The van der Waals surface area contributed by atoms with Crippen LogP contribution in [0.5, 0.6) is 0 Å². The number of methoxy groups -OCH3 is 1. The summed E-state index contributed by atoms with van der Waals surface area (Å²) in [5.41, 5.74) is 5.75. The minimum atomic E-state index is -3.35. The molecule has 0 amide bonds. The van der Waals surface area contributed by atoms with Crippen LogP contribution in [0.25, 0.3) is 0 Å². The molecule has 1 heterocycles. The molecule has 0 bridgehead atoms. The van der Waals surface area contributed by atoms with E-state index < -0.39 is 16.0 Å². The van der Waals surface area contributed by atoms with Crippen LogP contribution >= 0.6 is 0 Å². The van der Waals surface area contributed by atoms with E-state index >= 15 is 0 Å². The van der Waals surface area contributed by atoms with Crippen LogP contribution in [-0.2, 0) is 19.6 Å². The molecule has 0 spiro atoms. The van der Waals surface area contributed by atoms with Crippen LogP contribution in [0.1, 0.15) is 19.8 Å². The number of carbonyl (C=O) groups excluding carboxylic acids is 1. The Kier molecular flexibility index (Phi) is 4.91. The summed E-state index contributed by atoms with van der Waals surface area (Å²) in [6, 6.07) is -0.00388. The molecule has 7 heteroatoms. The van der Waals surface area contributed by atoms with Crippen LogP contribution in [0.3, 0.4) is 0 Å². The van der Waals surface area contributed by atoms with Crippen molar-refractivity contribution in [2.45, 2.75) is 25.8 Å². The van der Waals surface area contributed by atoms with Crippen molar-refractivity contribution in [1.82, 2.24) is 4.31 Å². The number of nitrogens with two attached hydrogens (primary N) is 1. The minimum Gasteiger partial charge on any atom is -0.469 e. The average Bonchev–Trinajstić information content (AvgIpc) is 2.76. The molecule has 0 aromatic carbocycles. The maximum atomic E-state index is 11.9. The van der Waals surface area contributed by atoms with Crippen LogP contribution in [0.4, 0.5) is 0 Å². The van der Waals surface area contributed by atoms with Crippen molar-refractivity contribution in [1.29, 1.82) is 0 Å². The molecule has 2 unspecified atom stereocenters. The third-order valence-electron chi connectivity index (χ3n) is 3.12. The Hall–Kier alpha value is -0.660. The fourth-order valence-corrected chi connectivity index (χ4v) is 3.36. The van der Waals surface area contributed by atoms with Gasteiger partial charge in [-0.3, -0.25) is 4.79 Å². The molecule has 6 nitrogen and oxygen atoms in total. The molecule has 1 saturated heterocycles. The number of nitrogens with zero attached hydrogens (tertiary/aromatic N) is 1. The lowest BCUT2D eigenvalue weighted by atomic mass is 10.0. The van der Waals surface area contributed by atoms with Crippen molar-refractivity contribution in [2.24, 2.45) is 11.7 Å². The number of esters is 1. The van der Waals surface area contributed by atoms with E-state index in [0.29, 0.717) is 13.1 Å². The van der Waals surface area contributed by atoms with Gasteiger partial charge in [0.1, 0.15) is 0 Å². The Labute approximate surface area is 102 Å². The molecule has 2 N–H and O–H groups in total. The van der Waals surface area contributed by atoms with E-state index in [1.54, 1.807) is 0 Å². The Morgan fingerprint density at radius 3 is 2.71 bits per heavy atom. The van der Waals surface area contributed by atoms with Crippen LogP contribution in [0, 0.1) is 5.92 Å². The van der Waals surface area contributed by atoms with Crippen molar-refractivity contribution >= 4 is 16.0 Å². The van der Waals surface area contributed by atoms with Crippen molar-refractivity contribution in [3.05, 3.63) is 0 Å². The first-order valence-electron chi connectivity index (χ1n) is 5.67. The zero-order valence-corrected chi connectivity index (χ0v) is 11.1. The maximum Gasteiger partial charge on any atom is 0.306 e. The first kappa shape index (κ1) is 14.4. The molecule has 0 aromatic heterocycles. The Balaban J connectivity index is 2.52. The second kappa shape index (κ2) is 5.79. The zero-order chi connectivity index (χ0) is 13.1. The lowest BCUT2D eigenvalue weighted by Gasteiger charge is -2.17. The predicted octanol–water partition coefficient (Wildman–Crippen LogP) is -0.452. The summed E-state index contributed by atoms with van der Waals surface area (Å²) in [6.45, 7) is 2.84. The molecule has 100 valence electrons. The van der Waals surface area contributed by atoms with Crippen LogP contribution < -0.4 is 5.73 Å². The van der Waals surface area contributed by atoms with Gasteiger partial charge in [0.05, 0.1) is 19.3 Å². The topological polar surface area (TPSA) is 89.7 Å². The third kappa shape index (κ3) is 3.93. The third-order valence-corrected chi connectivity index (χ3v) is 4.95. The monoisotopic (exact) mass is 264 g/mol. The molecule has 1 rings (SSSR count). The normalized spacial score (nSPS) is 23.6. The molecule has 1 aliphatic heterocycles.